The van der Waals surface area contributed by atoms with E-state index in [0.717, 1.165) is 4.90 Å². The highest BCUT2D eigenvalue weighted by Gasteiger charge is 2.34. The molecule has 2 aromatic rings. The fourth-order valence-corrected chi connectivity index (χ4v) is 3.47. The number of esters is 2. The number of nitrogens with zero attached hydrogens (tertiary/aromatic N) is 1. The van der Waals surface area contributed by atoms with Crippen LogP contribution in [0.4, 0.5) is 15.3 Å². The van der Waals surface area contributed by atoms with Crippen molar-refractivity contribution in [3.05, 3.63) is 77.0 Å². The molecule has 1 heterocycles. The monoisotopic (exact) mass is 467 g/mol. The molecule has 10 nitrogen and oxygen atoms in total. The number of amides is 3. The molecule has 1 unspecified atom stereocenters. The second-order valence-electron chi connectivity index (χ2n) is 7.18. The first-order valence-electron chi connectivity index (χ1n) is 10.5. The van der Waals surface area contributed by atoms with Gasteiger partial charge in [0.05, 0.1) is 42.3 Å². The Morgan fingerprint density at radius 3 is 2.32 bits per heavy atom. The van der Waals surface area contributed by atoms with E-state index in [9.17, 15) is 19.2 Å². The molecule has 0 saturated heterocycles. The van der Waals surface area contributed by atoms with Crippen molar-refractivity contribution in [2.75, 3.05) is 32.3 Å². The maximum atomic E-state index is 12.9. The summed E-state index contributed by atoms with van der Waals surface area (Å²) in [4.78, 5) is 51.1. The van der Waals surface area contributed by atoms with Gasteiger partial charge >= 0.3 is 24.1 Å². The predicted octanol–water partition coefficient (Wildman–Crippen LogP) is 2.92. The van der Waals surface area contributed by atoms with Gasteiger partial charge in [0.25, 0.3) is 0 Å². The molecule has 178 valence electrons. The minimum Gasteiger partial charge on any atom is -0.463 e. The van der Waals surface area contributed by atoms with E-state index in [4.69, 9.17) is 14.2 Å². The van der Waals surface area contributed by atoms with E-state index in [1.165, 1.54) is 20.2 Å². The molecular weight excluding hydrogens is 442 g/mol. The first-order chi connectivity index (χ1) is 16.4. The van der Waals surface area contributed by atoms with Gasteiger partial charge < -0.3 is 24.8 Å². The molecule has 1 atom stereocenters. The number of hydrogen-bond donors (Lipinski definition) is 2. The van der Waals surface area contributed by atoms with Crippen LogP contribution in [0.15, 0.2) is 65.9 Å². The Morgan fingerprint density at radius 2 is 1.65 bits per heavy atom. The molecule has 2 aromatic carbocycles. The van der Waals surface area contributed by atoms with Gasteiger partial charge in [0.15, 0.2) is 0 Å². The normalized spacial score (nSPS) is 15.0. The third-order valence-corrected chi connectivity index (χ3v) is 5.06. The first-order valence-corrected chi connectivity index (χ1v) is 10.5. The van der Waals surface area contributed by atoms with Crippen LogP contribution in [0.2, 0.25) is 0 Å². The van der Waals surface area contributed by atoms with Crippen molar-refractivity contribution in [3.63, 3.8) is 0 Å². The van der Waals surface area contributed by atoms with Crippen molar-refractivity contribution >= 4 is 29.8 Å². The lowest BCUT2D eigenvalue weighted by atomic mass is 9.95. The van der Waals surface area contributed by atoms with Crippen molar-refractivity contribution in [2.24, 2.45) is 0 Å². The van der Waals surface area contributed by atoms with Crippen LogP contribution in [-0.2, 0) is 19.0 Å². The van der Waals surface area contributed by atoms with Crippen LogP contribution in [0.1, 0.15) is 28.9 Å². The van der Waals surface area contributed by atoms with E-state index in [1.54, 1.807) is 49.4 Å². The van der Waals surface area contributed by atoms with Crippen LogP contribution >= 0.6 is 0 Å². The first kappa shape index (κ1) is 24.3. The second kappa shape index (κ2) is 11.0. The largest absolute Gasteiger partial charge is 0.463 e. The second-order valence-corrected chi connectivity index (χ2v) is 7.18. The smallest absolute Gasteiger partial charge is 0.413 e. The SMILES string of the molecule is CCOC(=O)C1=C(COC(=O)c2ccccc2N(C)C(=O)OC)NC(=O)NC1c1ccccc1. The molecule has 1 aliphatic heterocycles. The molecule has 1 aliphatic rings. The van der Waals surface area contributed by atoms with E-state index < -0.39 is 36.7 Å². The zero-order chi connectivity index (χ0) is 24.7. The Morgan fingerprint density at radius 1 is 0.971 bits per heavy atom. The molecule has 0 fully saturated rings. The number of urea groups is 1. The highest BCUT2D eigenvalue weighted by atomic mass is 16.5. The molecule has 0 saturated carbocycles. The average molecular weight is 467 g/mol. The molecule has 10 heteroatoms. The van der Waals surface area contributed by atoms with Crippen LogP contribution in [0.3, 0.4) is 0 Å². The molecule has 0 spiro atoms. The highest BCUT2D eigenvalue weighted by molar-refractivity contribution is 6.01. The summed E-state index contributed by atoms with van der Waals surface area (Å²) >= 11 is 0. The third kappa shape index (κ3) is 5.34. The molecule has 0 aliphatic carbocycles. The van der Waals surface area contributed by atoms with Gasteiger partial charge in [-0.05, 0) is 24.6 Å². The number of benzene rings is 2. The van der Waals surface area contributed by atoms with Gasteiger partial charge in [0.2, 0.25) is 0 Å². The van der Waals surface area contributed by atoms with Gasteiger partial charge in [0, 0.05) is 7.05 Å². The minimum atomic E-state index is -0.791. The summed E-state index contributed by atoms with van der Waals surface area (Å²) in [5.74, 6) is -1.41. The summed E-state index contributed by atoms with van der Waals surface area (Å²) in [5, 5.41) is 5.25. The van der Waals surface area contributed by atoms with Crippen LogP contribution in [0.5, 0.6) is 0 Å². The number of para-hydroxylation sites is 1. The number of ether oxygens (including phenoxy) is 3. The van der Waals surface area contributed by atoms with Crippen LogP contribution in [-0.4, -0.2) is 51.4 Å². The van der Waals surface area contributed by atoms with E-state index in [0.29, 0.717) is 5.56 Å². The molecule has 0 bridgehead atoms. The number of hydrogen-bond acceptors (Lipinski definition) is 7. The number of carbonyl (C=O) groups excluding carboxylic acids is 4. The highest BCUT2D eigenvalue weighted by Crippen LogP contribution is 2.28. The lowest BCUT2D eigenvalue weighted by Crippen LogP contribution is -2.47. The van der Waals surface area contributed by atoms with Gasteiger partial charge in [-0.25, -0.2) is 19.2 Å². The zero-order valence-electron chi connectivity index (χ0n) is 19.0. The molecular formula is C24H25N3O7. The fraction of sp³-hybridized carbons (Fsp3) is 0.250. The molecule has 3 amide bonds. The van der Waals surface area contributed by atoms with E-state index >= 15 is 0 Å². The van der Waals surface area contributed by atoms with Crippen LogP contribution in [0.25, 0.3) is 0 Å². The standard InChI is InChI=1S/C24H25N3O7/c1-4-33-22(29)19-17(25-23(30)26-20(19)15-10-6-5-7-11-15)14-34-21(28)16-12-8-9-13-18(16)27(2)24(31)32-3/h5-13,20H,4,14H2,1-3H3,(H2,25,26,30). The summed E-state index contributed by atoms with van der Waals surface area (Å²) in [6, 6.07) is 13.9. The number of nitrogens with one attached hydrogen (secondary N) is 2. The van der Waals surface area contributed by atoms with Gasteiger partial charge in [-0.2, -0.15) is 0 Å². The quantitative estimate of drug-likeness (QED) is 0.474. The lowest BCUT2D eigenvalue weighted by molar-refractivity contribution is -0.139. The Hall–Kier alpha value is -4.34. The van der Waals surface area contributed by atoms with Crippen molar-refractivity contribution in [2.45, 2.75) is 13.0 Å². The number of carbonyl (C=O) groups is 4. The van der Waals surface area contributed by atoms with Gasteiger partial charge in [0.1, 0.15) is 6.61 Å². The summed E-state index contributed by atoms with van der Waals surface area (Å²) in [7, 11) is 2.68. The van der Waals surface area contributed by atoms with E-state index in [-0.39, 0.29) is 29.1 Å². The fourth-order valence-electron chi connectivity index (χ4n) is 3.47. The molecule has 2 N–H and O–H groups in total. The zero-order valence-corrected chi connectivity index (χ0v) is 19.0. The van der Waals surface area contributed by atoms with E-state index in [2.05, 4.69) is 10.6 Å². The van der Waals surface area contributed by atoms with E-state index in [1.807, 2.05) is 6.07 Å². The molecule has 0 aromatic heterocycles. The topological polar surface area (TPSA) is 123 Å². The summed E-state index contributed by atoms with van der Waals surface area (Å²) in [5.41, 5.74) is 1.27. The van der Waals surface area contributed by atoms with Crippen molar-refractivity contribution < 1.29 is 33.4 Å². The Kier molecular flexibility index (Phi) is 7.86. The lowest BCUT2D eigenvalue weighted by Gasteiger charge is -2.29. The van der Waals surface area contributed by atoms with Crippen molar-refractivity contribution in [3.8, 4) is 0 Å². The Balaban J connectivity index is 1.92. The maximum absolute atomic E-state index is 12.9. The van der Waals surface area contributed by atoms with Gasteiger partial charge in [-0.3, -0.25) is 4.90 Å². The van der Waals surface area contributed by atoms with Gasteiger partial charge in [-0.15, -0.1) is 0 Å². The maximum Gasteiger partial charge on any atom is 0.413 e. The number of anilines is 1. The van der Waals surface area contributed by atoms with Crippen molar-refractivity contribution in [1.82, 2.24) is 10.6 Å². The molecule has 34 heavy (non-hydrogen) atoms. The number of methoxy groups -OCH3 is 1. The van der Waals surface area contributed by atoms with Crippen molar-refractivity contribution in [1.29, 1.82) is 0 Å². The Labute approximate surface area is 196 Å². The van der Waals surface area contributed by atoms with Gasteiger partial charge in [-0.1, -0.05) is 42.5 Å². The van der Waals surface area contributed by atoms with Crippen LogP contribution < -0.4 is 15.5 Å². The summed E-state index contributed by atoms with van der Waals surface area (Å²) in [6.45, 7) is 1.39. The summed E-state index contributed by atoms with van der Waals surface area (Å²) < 4.78 is 15.3. The average Bonchev–Trinajstić information content (AvgIpc) is 2.86. The Bertz CT molecular complexity index is 1110. The number of rotatable bonds is 7. The molecule has 0 radical (unpaired) electrons. The predicted molar refractivity (Wildman–Crippen MR) is 122 cm³/mol. The minimum absolute atomic E-state index is 0.100. The van der Waals surface area contributed by atoms with Crippen LogP contribution in [0, 0.1) is 0 Å². The molecule has 3 rings (SSSR count). The third-order valence-electron chi connectivity index (χ3n) is 5.06. The summed E-state index contributed by atoms with van der Waals surface area (Å²) in [6.07, 6.45) is -0.663.